The summed E-state index contributed by atoms with van der Waals surface area (Å²) in [4.78, 5) is 4.25. The van der Waals surface area contributed by atoms with Gasteiger partial charge in [0.1, 0.15) is 10.8 Å². The molecular weight excluding hydrogens is 273 g/mol. The molecule has 98 valence electrons. The lowest BCUT2D eigenvalue weighted by Crippen LogP contribution is -1.80. The molecule has 1 aromatic heterocycles. The molecule has 0 aliphatic rings. The normalized spacial score (nSPS) is 11.1. The fourth-order valence-electron chi connectivity index (χ4n) is 1.64. The van der Waals surface area contributed by atoms with Crippen LogP contribution in [0.25, 0.3) is 10.6 Å². The zero-order chi connectivity index (χ0) is 13.8. The molecule has 0 aliphatic carbocycles. The van der Waals surface area contributed by atoms with Crippen LogP contribution in [0.15, 0.2) is 59.6 Å². The molecule has 0 amide bonds. The molecule has 0 spiro atoms. The van der Waals surface area contributed by atoms with Crippen LogP contribution in [0.1, 0.15) is 5.56 Å². The number of rotatable bonds is 3. The van der Waals surface area contributed by atoms with Crippen molar-refractivity contribution in [3.05, 3.63) is 66.0 Å². The minimum Gasteiger partial charge on any atom is -0.226 e. The lowest BCUT2D eigenvalue weighted by Gasteiger charge is -1.91. The monoisotopic (exact) mass is 283 g/mol. The number of aromatic nitrogens is 2. The van der Waals surface area contributed by atoms with Crippen molar-refractivity contribution in [2.24, 2.45) is 4.99 Å². The van der Waals surface area contributed by atoms with E-state index in [9.17, 15) is 4.39 Å². The molecule has 0 saturated carbocycles. The van der Waals surface area contributed by atoms with Gasteiger partial charge in [0, 0.05) is 11.8 Å². The SMILES string of the molecule is Fc1ccc(/C=N/c2nnc(-c3ccccc3)s2)cc1. The summed E-state index contributed by atoms with van der Waals surface area (Å²) in [6, 6.07) is 16.0. The Balaban J connectivity index is 1.79. The predicted octanol–water partition coefficient (Wildman–Crippen LogP) is 4.09. The van der Waals surface area contributed by atoms with Crippen molar-refractivity contribution in [3.8, 4) is 10.6 Å². The van der Waals surface area contributed by atoms with Crippen molar-refractivity contribution in [3.63, 3.8) is 0 Å². The van der Waals surface area contributed by atoms with E-state index < -0.39 is 0 Å². The number of nitrogens with zero attached hydrogens (tertiary/aromatic N) is 3. The van der Waals surface area contributed by atoms with Crippen LogP contribution in [0.2, 0.25) is 0 Å². The van der Waals surface area contributed by atoms with Crippen molar-refractivity contribution in [1.82, 2.24) is 10.2 Å². The number of hydrogen-bond donors (Lipinski definition) is 0. The maximum Gasteiger partial charge on any atom is 0.231 e. The highest BCUT2D eigenvalue weighted by molar-refractivity contribution is 7.18. The standard InChI is InChI=1S/C15H10FN3S/c16-13-8-6-11(7-9-13)10-17-15-19-18-14(20-15)12-4-2-1-3-5-12/h1-10H/b17-10+. The van der Waals surface area contributed by atoms with Crippen molar-refractivity contribution in [2.75, 3.05) is 0 Å². The minimum absolute atomic E-state index is 0.260. The average molecular weight is 283 g/mol. The van der Waals surface area contributed by atoms with Gasteiger partial charge >= 0.3 is 0 Å². The molecule has 20 heavy (non-hydrogen) atoms. The van der Waals surface area contributed by atoms with Gasteiger partial charge in [-0.15, -0.1) is 10.2 Å². The zero-order valence-corrected chi connectivity index (χ0v) is 11.2. The van der Waals surface area contributed by atoms with Crippen molar-refractivity contribution < 1.29 is 4.39 Å². The largest absolute Gasteiger partial charge is 0.231 e. The molecule has 0 radical (unpaired) electrons. The average Bonchev–Trinajstić information content (AvgIpc) is 2.97. The van der Waals surface area contributed by atoms with Gasteiger partial charge in [-0.05, 0) is 17.7 Å². The van der Waals surface area contributed by atoms with Crippen molar-refractivity contribution in [1.29, 1.82) is 0 Å². The fourth-order valence-corrected chi connectivity index (χ4v) is 2.34. The molecule has 0 unspecified atom stereocenters. The zero-order valence-electron chi connectivity index (χ0n) is 10.4. The van der Waals surface area contributed by atoms with E-state index >= 15 is 0 Å². The first-order valence-corrected chi connectivity index (χ1v) is 6.81. The minimum atomic E-state index is -0.260. The first kappa shape index (κ1) is 12.6. The number of hydrogen-bond acceptors (Lipinski definition) is 4. The van der Waals surface area contributed by atoms with Gasteiger partial charge in [-0.2, -0.15) is 0 Å². The van der Waals surface area contributed by atoms with Gasteiger partial charge in [0.2, 0.25) is 5.13 Å². The summed E-state index contributed by atoms with van der Waals surface area (Å²) in [7, 11) is 0. The van der Waals surface area contributed by atoms with Crippen LogP contribution < -0.4 is 0 Å². The second-order valence-corrected chi connectivity index (χ2v) is 5.02. The fraction of sp³-hybridized carbons (Fsp3) is 0. The van der Waals surface area contributed by atoms with E-state index in [0.717, 1.165) is 16.1 Å². The molecule has 0 atom stereocenters. The summed E-state index contributed by atoms with van der Waals surface area (Å²) in [6.07, 6.45) is 1.65. The molecule has 3 aromatic rings. The number of aliphatic imine (C=N–C) groups is 1. The van der Waals surface area contributed by atoms with Crippen LogP contribution in [0.5, 0.6) is 0 Å². The highest BCUT2D eigenvalue weighted by Crippen LogP contribution is 2.27. The Morgan fingerprint density at radius 2 is 1.70 bits per heavy atom. The molecule has 0 fully saturated rings. The van der Waals surface area contributed by atoms with E-state index in [-0.39, 0.29) is 5.82 Å². The van der Waals surface area contributed by atoms with Gasteiger partial charge in [0.15, 0.2) is 0 Å². The highest BCUT2D eigenvalue weighted by atomic mass is 32.1. The summed E-state index contributed by atoms with van der Waals surface area (Å²) >= 11 is 1.41. The van der Waals surface area contributed by atoms with Gasteiger partial charge in [0.25, 0.3) is 0 Å². The van der Waals surface area contributed by atoms with Crippen LogP contribution >= 0.6 is 11.3 Å². The second-order valence-electron chi connectivity index (χ2n) is 4.07. The Bertz CT molecular complexity index is 720. The van der Waals surface area contributed by atoms with Crippen molar-refractivity contribution >= 4 is 22.7 Å². The third-order valence-corrected chi connectivity index (χ3v) is 3.51. The molecule has 2 aromatic carbocycles. The molecule has 0 N–H and O–H groups in total. The predicted molar refractivity (Wildman–Crippen MR) is 79.0 cm³/mol. The molecule has 0 aliphatic heterocycles. The summed E-state index contributed by atoms with van der Waals surface area (Å²) in [5.74, 6) is -0.260. The second kappa shape index (κ2) is 5.71. The van der Waals surface area contributed by atoms with Gasteiger partial charge < -0.3 is 0 Å². The number of halogens is 1. The Labute approximate surface area is 119 Å². The smallest absolute Gasteiger partial charge is 0.226 e. The first-order chi connectivity index (χ1) is 9.81. The van der Waals surface area contributed by atoms with Crippen LogP contribution in [-0.2, 0) is 0 Å². The maximum atomic E-state index is 12.8. The Hall–Kier alpha value is -2.40. The van der Waals surface area contributed by atoms with Gasteiger partial charge in [-0.3, -0.25) is 0 Å². The van der Waals surface area contributed by atoms with E-state index in [2.05, 4.69) is 15.2 Å². The molecule has 3 nitrogen and oxygen atoms in total. The Morgan fingerprint density at radius 1 is 0.950 bits per heavy atom. The van der Waals surface area contributed by atoms with Crippen LogP contribution in [0.3, 0.4) is 0 Å². The molecule has 3 rings (SSSR count). The molecule has 0 saturated heterocycles. The lowest BCUT2D eigenvalue weighted by atomic mass is 10.2. The Kier molecular flexibility index (Phi) is 3.60. The van der Waals surface area contributed by atoms with Crippen LogP contribution in [0.4, 0.5) is 9.52 Å². The Morgan fingerprint density at radius 3 is 2.45 bits per heavy atom. The first-order valence-electron chi connectivity index (χ1n) is 6.00. The maximum absolute atomic E-state index is 12.8. The summed E-state index contributed by atoms with van der Waals surface area (Å²) in [5.41, 5.74) is 1.84. The van der Waals surface area contributed by atoms with E-state index in [1.54, 1.807) is 18.3 Å². The van der Waals surface area contributed by atoms with E-state index in [1.165, 1.54) is 23.5 Å². The third kappa shape index (κ3) is 2.95. The topological polar surface area (TPSA) is 38.1 Å². The lowest BCUT2D eigenvalue weighted by molar-refractivity contribution is 0.628. The summed E-state index contributed by atoms with van der Waals surface area (Å²) in [5, 5.41) is 9.54. The molecular formula is C15H10FN3S. The van der Waals surface area contributed by atoms with E-state index in [1.807, 2.05) is 30.3 Å². The van der Waals surface area contributed by atoms with E-state index in [4.69, 9.17) is 0 Å². The van der Waals surface area contributed by atoms with Crippen molar-refractivity contribution in [2.45, 2.75) is 0 Å². The summed E-state index contributed by atoms with van der Waals surface area (Å²) in [6.45, 7) is 0. The molecule has 5 heteroatoms. The number of benzene rings is 2. The van der Waals surface area contributed by atoms with Crippen LogP contribution in [-0.4, -0.2) is 16.4 Å². The molecule has 0 bridgehead atoms. The van der Waals surface area contributed by atoms with Gasteiger partial charge in [0.05, 0.1) is 0 Å². The van der Waals surface area contributed by atoms with Gasteiger partial charge in [-0.25, -0.2) is 9.38 Å². The molecule has 1 heterocycles. The third-order valence-electron chi connectivity index (χ3n) is 2.63. The summed E-state index contributed by atoms with van der Waals surface area (Å²) < 4.78 is 12.8. The van der Waals surface area contributed by atoms with E-state index in [0.29, 0.717) is 5.13 Å². The highest BCUT2D eigenvalue weighted by Gasteiger charge is 2.04. The van der Waals surface area contributed by atoms with Gasteiger partial charge in [-0.1, -0.05) is 53.8 Å². The quantitative estimate of drug-likeness (QED) is 0.679. The van der Waals surface area contributed by atoms with Crippen LogP contribution in [0, 0.1) is 5.82 Å².